The standard InChI is InChI=1S/C13H20N2O2/c14-13-4-2-1-3-11(13)5-6-15-7-8-17-12(9-15)10-16/h1-4,12,16H,5-10,14H2. The van der Waals surface area contributed by atoms with Crippen LogP contribution in [0, 0.1) is 0 Å². The van der Waals surface area contributed by atoms with Gasteiger partial charge in [-0.25, -0.2) is 0 Å². The summed E-state index contributed by atoms with van der Waals surface area (Å²) in [5.41, 5.74) is 7.96. The SMILES string of the molecule is Nc1ccccc1CCN1CCOC(CO)C1. The van der Waals surface area contributed by atoms with Crippen LogP contribution in [0.1, 0.15) is 5.56 Å². The topological polar surface area (TPSA) is 58.7 Å². The van der Waals surface area contributed by atoms with Crippen LogP contribution >= 0.6 is 0 Å². The van der Waals surface area contributed by atoms with Crippen LogP contribution in [0.25, 0.3) is 0 Å². The molecule has 0 amide bonds. The average Bonchev–Trinajstić information content (AvgIpc) is 2.38. The Bertz CT molecular complexity index is 357. The quantitative estimate of drug-likeness (QED) is 0.748. The number of nitrogens with zero attached hydrogens (tertiary/aromatic N) is 1. The van der Waals surface area contributed by atoms with Crippen LogP contribution in [0.5, 0.6) is 0 Å². The van der Waals surface area contributed by atoms with Crippen molar-refractivity contribution in [2.75, 3.05) is 38.6 Å². The summed E-state index contributed by atoms with van der Waals surface area (Å²) >= 11 is 0. The van der Waals surface area contributed by atoms with Crippen molar-refractivity contribution in [2.45, 2.75) is 12.5 Å². The molecule has 17 heavy (non-hydrogen) atoms. The Labute approximate surface area is 102 Å². The van der Waals surface area contributed by atoms with Gasteiger partial charge in [0.2, 0.25) is 0 Å². The summed E-state index contributed by atoms with van der Waals surface area (Å²) < 4.78 is 5.42. The summed E-state index contributed by atoms with van der Waals surface area (Å²) in [5.74, 6) is 0. The first kappa shape index (κ1) is 12.4. The first-order valence-corrected chi connectivity index (χ1v) is 6.08. The number of aliphatic hydroxyl groups excluding tert-OH is 1. The van der Waals surface area contributed by atoms with Gasteiger partial charge < -0.3 is 15.6 Å². The third-order valence-corrected chi connectivity index (χ3v) is 3.18. The molecule has 0 saturated carbocycles. The van der Waals surface area contributed by atoms with E-state index in [1.165, 1.54) is 5.56 Å². The van der Waals surface area contributed by atoms with E-state index in [9.17, 15) is 0 Å². The van der Waals surface area contributed by atoms with E-state index in [-0.39, 0.29) is 12.7 Å². The number of hydrogen-bond acceptors (Lipinski definition) is 4. The Morgan fingerprint density at radius 1 is 1.41 bits per heavy atom. The van der Waals surface area contributed by atoms with Crippen LogP contribution in [-0.4, -0.2) is 49.0 Å². The van der Waals surface area contributed by atoms with Crippen molar-refractivity contribution in [3.05, 3.63) is 29.8 Å². The Kier molecular flexibility index (Phi) is 4.36. The second-order valence-electron chi connectivity index (χ2n) is 4.42. The van der Waals surface area contributed by atoms with Gasteiger partial charge in [-0.05, 0) is 18.1 Å². The fourth-order valence-corrected chi connectivity index (χ4v) is 2.13. The van der Waals surface area contributed by atoms with Crippen LogP contribution in [0.15, 0.2) is 24.3 Å². The molecule has 0 radical (unpaired) electrons. The number of hydrogen-bond donors (Lipinski definition) is 2. The molecule has 0 aromatic heterocycles. The van der Waals surface area contributed by atoms with Gasteiger partial charge in [0.05, 0.1) is 19.3 Å². The molecule has 1 fully saturated rings. The van der Waals surface area contributed by atoms with Gasteiger partial charge in [-0.3, -0.25) is 4.90 Å². The number of ether oxygens (including phenoxy) is 1. The number of para-hydroxylation sites is 1. The minimum atomic E-state index is -0.0307. The van der Waals surface area contributed by atoms with Crippen molar-refractivity contribution >= 4 is 5.69 Å². The first-order chi connectivity index (χ1) is 8.29. The number of benzene rings is 1. The minimum Gasteiger partial charge on any atom is -0.399 e. The molecule has 1 aromatic carbocycles. The third-order valence-electron chi connectivity index (χ3n) is 3.18. The number of nitrogens with two attached hydrogens (primary N) is 1. The van der Waals surface area contributed by atoms with E-state index >= 15 is 0 Å². The van der Waals surface area contributed by atoms with E-state index < -0.39 is 0 Å². The lowest BCUT2D eigenvalue weighted by Crippen LogP contribution is -2.44. The highest BCUT2D eigenvalue weighted by Gasteiger charge is 2.19. The molecule has 4 nitrogen and oxygen atoms in total. The molecule has 3 N–H and O–H groups in total. The van der Waals surface area contributed by atoms with E-state index in [4.69, 9.17) is 15.6 Å². The van der Waals surface area contributed by atoms with Crippen molar-refractivity contribution in [1.29, 1.82) is 0 Å². The highest BCUT2D eigenvalue weighted by Crippen LogP contribution is 2.13. The predicted octanol–water partition coefficient (Wildman–Crippen LogP) is 0.504. The molecule has 0 bridgehead atoms. The van der Waals surface area contributed by atoms with Crippen LogP contribution in [-0.2, 0) is 11.2 Å². The third kappa shape index (κ3) is 3.43. The first-order valence-electron chi connectivity index (χ1n) is 6.08. The van der Waals surface area contributed by atoms with E-state index in [2.05, 4.69) is 11.0 Å². The lowest BCUT2D eigenvalue weighted by Gasteiger charge is -2.32. The number of aliphatic hydroxyl groups is 1. The zero-order valence-electron chi connectivity index (χ0n) is 10.0. The van der Waals surface area contributed by atoms with Crippen LogP contribution in [0.4, 0.5) is 5.69 Å². The van der Waals surface area contributed by atoms with Gasteiger partial charge >= 0.3 is 0 Å². The molecular weight excluding hydrogens is 216 g/mol. The molecule has 1 aromatic rings. The Balaban J connectivity index is 1.84. The van der Waals surface area contributed by atoms with Gasteiger partial charge in [-0.2, -0.15) is 0 Å². The highest BCUT2D eigenvalue weighted by molar-refractivity contribution is 5.46. The summed E-state index contributed by atoms with van der Waals surface area (Å²) in [4.78, 5) is 2.32. The van der Waals surface area contributed by atoms with Crippen molar-refractivity contribution in [2.24, 2.45) is 0 Å². The second-order valence-corrected chi connectivity index (χ2v) is 4.42. The van der Waals surface area contributed by atoms with Crippen LogP contribution in [0.2, 0.25) is 0 Å². The molecule has 4 heteroatoms. The Morgan fingerprint density at radius 2 is 2.24 bits per heavy atom. The summed E-state index contributed by atoms with van der Waals surface area (Å²) in [5, 5.41) is 9.07. The molecule has 2 rings (SSSR count). The summed E-state index contributed by atoms with van der Waals surface area (Å²) in [6, 6.07) is 7.97. The fourth-order valence-electron chi connectivity index (χ4n) is 2.13. The smallest absolute Gasteiger partial charge is 0.0932 e. The van der Waals surface area contributed by atoms with E-state index in [1.54, 1.807) is 0 Å². The zero-order chi connectivity index (χ0) is 12.1. The van der Waals surface area contributed by atoms with Gasteiger partial charge in [0.15, 0.2) is 0 Å². The molecule has 94 valence electrons. The summed E-state index contributed by atoms with van der Waals surface area (Å²) in [6.07, 6.45) is 0.919. The Hall–Kier alpha value is -1.10. The maximum Gasteiger partial charge on any atom is 0.0932 e. The maximum absolute atomic E-state index is 9.07. The number of morpholine rings is 1. The number of nitrogen functional groups attached to an aromatic ring is 1. The van der Waals surface area contributed by atoms with E-state index in [0.717, 1.165) is 31.7 Å². The van der Waals surface area contributed by atoms with E-state index in [0.29, 0.717) is 6.61 Å². The number of anilines is 1. The normalized spacial score (nSPS) is 21.6. The Morgan fingerprint density at radius 3 is 3.00 bits per heavy atom. The molecule has 0 spiro atoms. The lowest BCUT2D eigenvalue weighted by atomic mass is 10.1. The summed E-state index contributed by atoms with van der Waals surface area (Å²) in [7, 11) is 0. The molecule has 1 atom stereocenters. The largest absolute Gasteiger partial charge is 0.399 e. The molecular formula is C13H20N2O2. The van der Waals surface area contributed by atoms with Crippen LogP contribution < -0.4 is 5.73 Å². The molecule has 1 unspecified atom stereocenters. The zero-order valence-corrected chi connectivity index (χ0v) is 10.0. The van der Waals surface area contributed by atoms with Crippen molar-refractivity contribution in [1.82, 2.24) is 4.90 Å². The minimum absolute atomic E-state index is 0.0307. The highest BCUT2D eigenvalue weighted by atomic mass is 16.5. The molecule has 1 saturated heterocycles. The van der Waals surface area contributed by atoms with Gasteiger partial charge in [0.25, 0.3) is 0 Å². The molecule has 1 aliphatic rings. The van der Waals surface area contributed by atoms with Gasteiger partial charge in [-0.15, -0.1) is 0 Å². The van der Waals surface area contributed by atoms with Crippen LogP contribution in [0.3, 0.4) is 0 Å². The molecule has 1 aliphatic heterocycles. The fraction of sp³-hybridized carbons (Fsp3) is 0.538. The average molecular weight is 236 g/mol. The maximum atomic E-state index is 9.07. The summed E-state index contributed by atoms with van der Waals surface area (Å²) in [6.45, 7) is 3.51. The van der Waals surface area contributed by atoms with Crippen molar-refractivity contribution < 1.29 is 9.84 Å². The number of rotatable bonds is 4. The van der Waals surface area contributed by atoms with Crippen molar-refractivity contribution in [3.63, 3.8) is 0 Å². The van der Waals surface area contributed by atoms with Gasteiger partial charge in [-0.1, -0.05) is 18.2 Å². The monoisotopic (exact) mass is 236 g/mol. The van der Waals surface area contributed by atoms with Gasteiger partial charge in [0, 0.05) is 25.3 Å². The predicted molar refractivity (Wildman–Crippen MR) is 67.8 cm³/mol. The van der Waals surface area contributed by atoms with Gasteiger partial charge in [0.1, 0.15) is 0 Å². The second kappa shape index (κ2) is 6.00. The van der Waals surface area contributed by atoms with E-state index in [1.807, 2.05) is 18.2 Å². The van der Waals surface area contributed by atoms with Crippen molar-refractivity contribution in [3.8, 4) is 0 Å². The lowest BCUT2D eigenvalue weighted by molar-refractivity contribution is -0.0523. The molecule has 1 heterocycles. The molecule has 0 aliphatic carbocycles.